The molecule has 6 heteroatoms. The fraction of sp³-hybridized carbons (Fsp3) is 0.0769. The summed E-state index contributed by atoms with van der Waals surface area (Å²) in [6.07, 6.45) is 1.56. The number of oxime groups is 1. The first-order chi connectivity index (χ1) is 9.25. The van der Waals surface area contributed by atoms with Crippen LogP contribution < -0.4 is 5.32 Å². The van der Waals surface area contributed by atoms with E-state index in [9.17, 15) is 4.79 Å². The molecule has 0 radical (unpaired) electrons. The zero-order chi connectivity index (χ0) is 13.5. The van der Waals surface area contributed by atoms with Crippen molar-refractivity contribution in [3.05, 3.63) is 51.7 Å². The number of anilines is 1. The summed E-state index contributed by atoms with van der Waals surface area (Å²) in [5.41, 5.74) is 0.556. The predicted molar refractivity (Wildman–Crippen MR) is 77.9 cm³/mol. The summed E-state index contributed by atoms with van der Waals surface area (Å²) < 4.78 is 0. The van der Waals surface area contributed by atoms with Crippen LogP contribution in [-0.4, -0.2) is 18.7 Å². The van der Waals surface area contributed by atoms with Crippen molar-refractivity contribution in [3.8, 4) is 0 Å². The van der Waals surface area contributed by atoms with Crippen LogP contribution in [-0.2, 0) is 9.63 Å². The minimum atomic E-state index is -0.309. The average molecular weight is 295 g/mol. The van der Waals surface area contributed by atoms with Gasteiger partial charge >= 0.3 is 0 Å². The van der Waals surface area contributed by atoms with Crippen molar-refractivity contribution in [2.24, 2.45) is 5.16 Å². The lowest BCUT2D eigenvalue weighted by Gasteiger charge is -2.05. The number of amides is 1. The van der Waals surface area contributed by atoms with E-state index in [-0.39, 0.29) is 12.5 Å². The Bertz CT molecular complexity index is 570. The van der Waals surface area contributed by atoms with Crippen molar-refractivity contribution in [2.45, 2.75) is 0 Å². The van der Waals surface area contributed by atoms with Crippen LogP contribution in [0.5, 0.6) is 0 Å². The number of benzene rings is 1. The third kappa shape index (κ3) is 4.39. The molecule has 0 saturated heterocycles. The van der Waals surface area contributed by atoms with E-state index in [1.165, 1.54) is 11.3 Å². The van der Waals surface area contributed by atoms with Crippen LogP contribution in [0.15, 0.2) is 46.9 Å². The van der Waals surface area contributed by atoms with E-state index < -0.39 is 0 Å². The van der Waals surface area contributed by atoms with Gasteiger partial charge in [-0.3, -0.25) is 4.79 Å². The van der Waals surface area contributed by atoms with Crippen LogP contribution in [0, 0.1) is 0 Å². The Kier molecular flexibility index (Phi) is 4.94. The van der Waals surface area contributed by atoms with Crippen LogP contribution in [0.3, 0.4) is 0 Å². The van der Waals surface area contributed by atoms with Gasteiger partial charge in [-0.25, -0.2) is 0 Å². The van der Waals surface area contributed by atoms with Crippen molar-refractivity contribution in [3.63, 3.8) is 0 Å². The Morgan fingerprint density at radius 1 is 1.37 bits per heavy atom. The van der Waals surface area contributed by atoms with Crippen molar-refractivity contribution < 1.29 is 9.63 Å². The number of nitrogens with one attached hydrogen (secondary N) is 1. The van der Waals surface area contributed by atoms with Gasteiger partial charge in [-0.15, -0.1) is 11.3 Å². The quantitative estimate of drug-likeness (QED) is 0.679. The molecule has 2 aromatic rings. The minimum absolute atomic E-state index is 0.160. The van der Waals surface area contributed by atoms with E-state index in [0.717, 1.165) is 4.88 Å². The molecular weight excluding hydrogens is 284 g/mol. The normalized spacial score (nSPS) is 10.6. The third-order valence-corrected chi connectivity index (χ3v) is 3.28. The van der Waals surface area contributed by atoms with Gasteiger partial charge in [-0.2, -0.15) is 0 Å². The first-order valence-electron chi connectivity index (χ1n) is 5.49. The Morgan fingerprint density at radius 3 is 2.95 bits per heavy atom. The maximum absolute atomic E-state index is 11.6. The smallest absolute Gasteiger partial charge is 0.265 e. The van der Waals surface area contributed by atoms with Gasteiger partial charge in [0.05, 0.1) is 16.9 Å². The van der Waals surface area contributed by atoms with E-state index >= 15 is 0 Å². The Balaban J connectivity index is 1.78. The summed E-state index contributed by atoms with van der Waals surface area (Å²) in [6, 6.07) is 10.8. The highest BCUT2D eigenvalue weighted by atomic mass is 35.5. The third-order valence-electron chi connectivity index (χ3n) is 2.14. The molecule has 1 heterocycles. The highest BCUT2D eigenvalue weighted by molar-refractivity contribution is 7.11. The van der Waals surface area contributed by atoms with Crippen molar-refractivity contribution >= 4 is 40.7 Å². The first-order valence-corrected chi connectivity index (χ1v) is 6.74. The van der Waals surface area contributed by atoms with Gasteiger partial charge in [-0.05, 0) is 23.6 Å². The van der Waals surface area contributed by atoms with Gasteiger partial charge in [0.2, 0.25) is 0 Å². The van der Waals surface area contributed by atoms with Crippen LogP contribution in [0.2, 0.25) is 5.02 Å². The number of thiophene rings is 1. The predicted octanol–water partition coefficient (Wildman–Crippen LogP) is 3.39. The average Bonchev–Trinajstić information content (AvgIpc) is 2.91. The standard InChI is InChI=1S/C13H11ClN2O2S/c14-11-5-1-2-6-12(11)16-13(17)9-18-15-8-10-4-3-7-19-10/h1-8H,9H2,(H,16,17). The van der Waals surface area contributed by atoms with E-state index in [2.05, 4.69) is 10.5 Å². The molecule has 0 aliphatic carbocycles. The monoisotopic (exact) mass is 294 g/mol. The number of hydrogen-bond donors (Lipinski definition) is 1. The molecule has 1 N–H and O–H groups in total. The Morgan fingerprint density at radius 2 is 2.21 bits per heavy atom. The zero-order valence-electron chi connectivity index (χ0n) is 9.88. The molecule has 4 nitrogen and oxygen atoms in total. The molecule has 19 heavy (non-hydrogen) atoms. The number of para-hydroxylation sites is 1. The summed E-state index contributed by atoms with van der Waals surface area (Å²) in [7, 11) is 0. The summed E-state index contributed by atoms with van der Waals surface area (Å²) >= 11 is 7.45. The second-order valence-electron chi connectivity index (χ2n) is 3.55. The SMILES string of the molecule is O=C(CON=Cc1cccs1)Nc1ccccc1Cl. The molecule has 1 aromatic carbocycles. The highest BCUT2D eigenvalue weighted by Gasteiger charge is 2.05. The maximum atomic E-state index is 11.6. The molecule has 2 rings (SSSR count). The summed E-state index contributed by atoms with van der Waals surface area (Å²) in [4.78, 5) is 17.4. The van der Waals surface area contributed by atoms with Crippen LogP contribution in [0.1, 0.15) is 4.88 Å². The maximum Gasteiger partial charge on any atom is 0.265 e. The van der Waals surface area contributed by atoms with E-state index in [0.29, 0.717) is 10.7 Å². The van der Waals surface area contributed by atoms with Gasteiger partial charge in [-0.1, -0.05) is 35.0 Å². The van der Waals surface area contributed by atoms with Crippen LogP contribution in [0.4, 0.5) is 5.69 Å². The number of rotatable bonds is 5. The molecular formula is C13H11ClN2O2S. The van der Waals surface area contributed by atoms with Crippen molar-refractivity contribution in [1.82, 2.24) is 0 Å². The largest absolute Gasteiger partial charge is 0.386 e. The second-order valence-corrected chi connectivity index (χ2v) is 4.94. The molecule has 0 spiro atoms. The van der Waals surface area contributed by atoms with Crippen molar-refractivity contribution in [1.29, 1.82) is 0 Å². The van der Waals surface area contributed by atoms with Gasteiger partial charge < -0.3 is 10.2 Å². The summed E-state index contributed by atoms with van der Waals surface area (Å²) in [5, 5.41) is 8.77. The van der Waals surface area contributed by atoms with Crippen LogP contribution >= 0.6 is 22.9 Å². The summed E-state index contributed by atoms with van der Waals surface area (Å²) in [6.45, 7) is -0.160. The molecule has 1 amide bonds. The van der Waals surface area contributed by atoms with E-state index in [4.69, 9.17) is 16.4 Å². The number of nitrogens with zero attached hydrogens (tertiary/aromatic N) is 1. The molecule has 0 saturated carbocycles. The molecule has 0 bridgehead atoms. The van der Waals surface area contributed by atoms with Gasteiger partial charge in [0.15, 0.2) is 6.61 Å². The molecule has 0 unspecified atom stereocenters. The van der Waals surface area contributed by atoms with Gasteiger partial charge in [0, 0.05) is 4.88 Å². The Hall–Kier alpha value is -1.85. The fourth-order valence-corrected chi connectivity index (χ4v) is 2.06. The highest BCUT2D eigenvalue weighted by Crippen LogP contribution is 2.20. The molecule has 0 aliphatic rings. The molecule has 1 aromatic heterocycles. The van der Waals surface area contributed by atoms with E-state index in [1.807, 2.05) is 17.5 Å². The number of carbonyl (C=O) groups excluding carboxylic acids is 1. The molecule has 0 atom stereocenters. The molecule has 0 aliphatic heterocycles. The minimum Gasteiger partial charge on any atom is -0.386 e. The lowest BCUT2D eigenvalue weighted by atomic mass is 10.3. The lowest BCUT2D eigenvalue weighted by Crippen LogP contribution is -2.17. The van der Waals surface area contributed by atoms with Gasteiger partial charge in [0.25, 0.3) is 5.91 Å². The molecule has 98 valence electrons. The summed E-state index contributed by atoms with van der Waals surface area (Å²) in [5.74, 6) is -0.309. The van der Waals surface area contributed by atoms with Crippen molar-refractivity contribution in [2.75, 3.05) is 11.9 Å². The Labute approximate surface area is 119 Å². The lowest BCUT2D eigenvalue weighted by molar-refractivity contribution is -0.120. The zero-order valence-corrected chi connectivity index (χ0v) is 11.4. The van der Waals surface area contributed by atoms with E-state index in [1.54, 1.807) is 30.5 Å². The topological polar surface area (TPSA) is 50.7 Å². The van der Waals surface area contributed by atoms with Gasteiger partial charge in [0.1, 0.15) is 0 Å². The first kappa shape index (κ1) is 13.6. The number of hydrogen-bond acceptors (Lipinski definition) is 4. The second kappa shape index (κ2) is 6.92. The van der Waals surface area contributed by atoms with Crippen LogP contribution in [0.25, 0.3) is 0 Å². The number of halogens is 1. The molecule has 0 fully saturated rings. The fourth-order valence-electron chi connectivity index (χ4n) is 1.30. The number of carbonyl (C=O) groups is 1.